The van der Waals surface area contributed by atoms with Crippen molar-refractivity contribution in [3.63, 3.8) is 0 Å². The topological polar surface area (TPSA) is 275 Å². The number of aromatic nitrogens is 6. The Morgan fingerprint density at radius 2 is 0.590 bits per heavy atom. The second-order valence-corrected chi connectivity index (χ2v) is 8.03. The Kier molecular flexibility index (Phi) is 6.97. The van der Waals surface area contributed by atoms with Crippen LogP contribution in [0.25, 0.3) is 32.3 Å². The van der Waals surface area contributed by atoms with Crippen molar-refractivity contribution in [1.29, 1.82) is 0 Å². The number of aromatic amines is 6. The zero-order valence-electron chi connectivity index (χ0n) is 19.9. The number of fused-ring (bicyclic) bond motifs is 3. The van der Waals surface area contributed by atoms with Gasteiger partial charge in [0.2, 0.25) is 0 Å². The van der Waals surface area contributed by atoms with E-state index in [0.717, 1.165) is 0 Å². The van der Waals surface area contributed by atoms with E-state index in [4.69, 9.17) is 17.2 Å². The van der Waals surface area contributed by atoms with E-state index in [-0.39, 0.29) is 49.5 Å². The van der Waals surface area contributed by atoms with Crippen molar-refractivity contribution >= 4 is 49.4 Å². The first-order valence-electron chi connectivity index (χ1n) is 11.1. The van der Waals surface area contributed by atoms with Crippen LogP contribution in [-0.2, 0) is 0 Å². The molecule has 0 saturated heterocycles. The molecule has 0 unspecified atom stereocenters. The summed E-state index contributed by atoms with van der Waals surface area (Å²) in [6.07, 6.45) is 0. The Morgan fingerprint density at radius 3 is 0.821 bits per heavy atom. The number of nitrogens with one attached hydrogen (secondary N) is 6. The molecular formula is C24H21N9O6. The van der Waals surface area contributed by atoms with Gasteiger partial charge in [-0.2, -0.15) is 0 Å². The molecule has 0 radical (unpaired) electrons. The van der Waals surface area contributed by atoms with E-state index in [1.165, 1.54) is 0 Å². The molecule has 0 bridgehead atoms. The van der Waals surface area contributed by atoms with Crippen molar-refractivity contribution < 1.29 is 0 Å². The van der Waals surface area contributed by atoms with E-state index in [1.54, 1.807) is 54.6 Å². The lowest BCUT2D eigenvalue weighted by Crippen LogP contribution is -2.19. The summed E-state index contributed by atoms with van der Waals surface area (Å²) < 4.78 is 0. The molecule has 0 fully saturated rings. The molecular weight excluding hydrogens is 510 g/mol. The molecule has 0 spiro atoms. The molecule has 15 heteroatoms. The number of hydrogen-bond acceptors (Lipinski definition) is 9. The number of benzene rings is 3. The van der Waals surface area contributed by atoms with Crippen molar-refractivity contribution in [2.24, 2.45) is 0 Å². The maximum absolute atomic E-state index is 11.2. The van der Waals surface area contributed by atoms with Crippen LogP contribution < -0.4 is 50.6 Å². The van der Waals surface area contributed by atoms with E-state index >= 15 is 0 Å². The highest BCUT2D eigenvalue weighted by atomic mass is 16.2. The molecule has 0 atom stereocenters. The number of rotatable bonds is 0. The van der Waals surface area contributed by atoms with Gasteiger partial charge in [-0.15, -0.1) is 0 Å². The molecule has 0 amide bonds. The standard InChI is InChI=1S/3C8H7N3O2/c3*9-5-3-1-2-4-6(5)8(13)11-10-7(4)12/h3*1-3H,9H2,(H,10,12)(H,11,13). The van der Waals surface area contributed by atoms with E-state index in [2.05, 4.69) is 30.6 Å². The van der Waals surface area contributed by atoms with Crippen LogP contribution in [0.15, 0.2) is 83.4 Å². The van der Waals surface area contributed by atoms with Crippen molar-refractivity contribution in [1.82, 2.24) is 30.6 Å². The summed E-state index contributed by atoms with van der Waals surface area (Å²) in [4.78, 5) is 67.3. The predicted molar refractivity (Wildman–Crippen MR) is 149 cm³/mol. The average molecular weight is 531 g/mol. The van der Waals surface area contributed by atoms with Crippen LogP contribution in [0.4, 0.5) is 17.1 Å². The summed E-state index contributed by atoms with van der Waals surface area (Å²) in [5.74, 6) is 0. The maximum atomic E-state index is 11.2. The largest absolute Gasteiger partial charge is 0.398 e. The van der Waals surface area contributed by atoms with Gasteiger partial charge in [0.05, 0.1) is 32.3 Å². The molecule has 3 aromatic heterocycles. The number of nitrogens with two attached hydrogens (primary N) is 3. The molecule has 12 N–H and O–H groups in total. The summed E-state index contributed by atoms with van der Waals surface area (Å²) in [6, 6.07) is 14.3. The summed E-state index contributed by atoms with van der Waals surface area (Å²) in [5.41, 5.74) is 15.4. The smallest absolute Gasteiger partial charge is 0.272 e. The Morgan fingerprint density at radius 1 is 0.359 bits per heavy atom. The highest BCUT2D eigenvalue weighted by Gasteiger charge is 2.06. The van der Waals surface area contributed by atoms with Crippen molar-refractivity contribution in [2.75, 3.05) is 17.2 Å². The molecule has 6 aromatic rings. The van der Waals surface area contributed by atoms with Gasteiger partial charge in [0.25, 0.3) is 33.4 Å². The van der Waals surface area contributed by atoms with E-state index in [0.29, 0.717) is 33.2 Å². The zero-order valence-corrected chi connectivity index (χ0v) is 19.9. The van der Waals surface area contributed by atoms with E-state index in [9.17, 15) is 28.8 Å². The van der Waals surface area contributed by atoms with Gasteiger partial charge in [-0.05, 0) is 36.4 Å². The zero-order chi connectivity index (χ0) is 28.3. The van der Waals surface area contributed by atoms with E-state index < -0.39 is 0 Å². The predicted octanol–water partition coefficient (Wildman–Crippen LogP) is -0.604. The highest BCUT2D eigenvalue weighted by molar-refractivity contribution is 5.92. The molecule has 6 rings (SSSR count). The Balaban J connectivity index is 0.000000136. The fourth-order valence-electron chi connectivity index (χ4n) is 3.77. The minimum Gasteiger partial charge on any atom is -0.398 e. The van der Waals surface area contributed by atoms with Crippen LogP contribution in [-0.4, -0.2) is 30.6 Å². The number of H-pyrrole nitrogens is 6. The monoisotopic (exact) mass is 531 g/mol. The summed E-state index contributed by atoms with van der Waals surface area (Å²) >= 11 is 0. The third-order valence-corrected chi connectivity index (χ3v) is 5.57. The summed E-state index contributed by atoms with van der Waals surface area (Å²) in [7, 11) is 0. The minimum absolute atomic E-state index is 0.242. The molecule has 3 aromatic carbocycles. The van der Waals surface area contributed by atoms with Crippen LogP contribution in [0.5, 0.6) is 0 Å². The fraction of sp³-hybridized carbons (Fsp3) is 0. The van der Waals surface area contributed by atoms with Gasteiger partial charge in [-0.3, -0.25) is 59.4 Å². The second kappa shape index (κ2) is 10.5. The Bertz CT molecular complexity index is 1950. The van der Waals surface area contributed by atoms with Gasteiger partial charge in [0.15, 0.2) is 0 Å². The molecule has 0 aliphatic rings. The molecule has 39 heavy (non-hydrogen) atoms. The lowest BCUT2D eigenvalue weighted by atomic mass is 10.2. The molecule has 3 heterocycles. The number of nitrogen functional groups attached to an aromatic ring is 3. The third-order valence-electron chi connectivity index (χ3n) is 5.57. The summed E-state index contributed by atoms with van der Waals surface area (Å²) in [5, 5.41) is 14.9. The number of anilines is 3. The maximum Gasteiger partial charge on any atom is 0.272 e. The quantitative estimate of drug-likeness (QED) is 0.113. The van der Waals surface area contributed by atoms with Crippen molar-refractivity contribution in [3.05, 3.63) is 117 Å². The van der Waals surface area contributed by atoms with Crippen LogP contribution in [0.2, 0.25) is 0 Å². The summed E-state index contributed by atoms with van der Waals surface area (Å²) in [6.45, 7) is 0. The molecule has 0 aliphatic heterocycles. The van der Waals surface area contributed by atoms with Crippen LogP contribution >= 0.6 is 0 Å². The molecule has 198 valence electrons. The minimum atomic E-state index is -0.382. The van der Waals surface area contributed by atoms with Gasteiger partial charge in [0, 0.05) is 17.1 Å². The van der Waals surface area contributed by atoms with Gasteiger partial charge < -0.3 is 17.2 Å². The van der Waals surface area contributed by atoms with Crippen LogP contribution in [0.1, 0.15) is 0 Å². The normalized spacial score (nSPS) is 10.5. The lowest BCUT2D eigenvalue weighted by molar-refractivity contribution is 0.977. The highest BCUT2D eigenvalue weighted by Crippen LogP contribution is 2.13. The second-order valence-electron chi connectivity index (χ2n) is 8.03. The average Bonchev–Trinajstić information content (AvgIpc) is 2.91. The molecule has 0 aliphatic carbocycles. The van der Waals surface area contributed by atoms with E-state index in [1.807, 2.05) is 0 Å². The first-order chi connectivity index (χ1) is 18.6. The van der Waals surface area contributed by atoms with Gasteiger partial charge >= 0.3 is 0 Å². The van der Waals surface area contributed by atoms with Gasteiger partial charge in [0.1, 0.15) is 0 Å². The fourth-order valence-corrected chi connectivity index (χ4v) is 3.77. The SMILES string of the molecule is Nc1cccc2c(=O)[nH][nH]c(=O)c12.Nc1cccc2c(=O)[nH][nH]c(=O)c12.Nc1cccc2c(=O)[nH][nH]c(=O)c12. The van der Waals surface area contributed by atoms with Crippen LogP contribution in [0.3, 0.4) is 0 Å². The first-order valence-corrected chi connectivity index (χ1v) is 11.1. The van der Waals surface area contributed by atoms with Crippen molar-refractivity contribution in [2.45, 2.75) is 0 Å². The lowest BCUT2D eigenvalue weighted by Gasteiger charge is -1.97. The Hall–Kier alpha value is -6.12. The van der Waals surface area contributed by atoms with Gasteiger partial charge in [-0.1, -0.05) is 18.2 Å². The van der Waals surface area contributed by atoms with Crippen molar-refractivity contribution in [3.8, 4) is 0 Å². The number of hydrogen-bond donors (Lipinski definition) is 9. The third kappa shape index (κ3) is 5.08. The first kappa shape index (κ1) is 26.0. The molecule has 15 nitrogen and oxygen atoms in total. The molecule has 0 saturated carbocycles. The van der Waals surface area contributed by atoms with Crippen LogP contribution in [0, 0.1) is 0 Å². The van der Waals surface area contributed by atoms with Gasteiger partial charge in [-0.25, -0.2) is 0 Å². The Labute approximate surface area is 214 Å².